The van der Waals surface area contributed by atoms with Crippen LogP contribution in [0.3, 0.4) is 0 Å². The van der Waals surface area contributed by atoms with Crippen LogP contribution in [0.25, 0.3) is 10.4 Å². The maximum atomic E-state index is 13.1. The molecule has 30 heavy (non-hydrogen) atoms. The molecule has 3 aromatic rings. The van der Waals surface area contributed by atoms with E-state index < -0.39 is 10.0 Å². The van der Waals surface area contributed by atoms with E-state index in [4.69, 9.17) is 16.3 Å². The Morgan fingerprint density at radius 3 is 2.37 bits per heavy atom. The molecular weight excluding hydrogens is 440 g/mol. The topological polar surface area (TPSA) is 58.6 Å². The van der Waals surface area contributed by atoms with Gasteiger partial charge in [0, 0.05) is 23.0 Å². The molecule has 0 bridgehead atoms. The zero-order valence-electron chi connectivity index (χ0n) is 16.8. The summed E-state index contributed by atoms with van der Waals surface area (Å²) in [7, 11) is -0.0750. The van der Waals surface area contributed by atoms with E-state index >= 15 is 0 Å². The summed E-state index contributed by atoms with van der Waals surface area (Å²) in [6.07, 6.45) is 1.80. The molecule has 158 valence electrons. The van der Waals surface area contributed by atoms with Crippen molar-refractivity contribution in [1.82, 2.24) is 4.90 Å². The van der Waals surface area contributed by atoms with Crippen LogP contribution in [0.2, 0.25) is 5.02 Å². The van der Waals surface area contributed by atoms with Gasteiger partial charge in [0.15, 0.2) is 0 Å². The van der Waals surface area contributed by atoms with E-state index in [1.807, 2.05) is 30.3 Å². The molecule has 0 saturated carbocycles. The van der Waals surface area contributed by atoms with Gasteiger partial charge in [-0.1, -0.05) is 23.7 Å². The van der Waals surface area contributed by atoms with Crippen molar-refractivity contribution < 1.29 is 13.2 Å². The molecule has 0 aliphatic carbocycles. The maximum absolute atomic E-state index is 13.1. The van der Waals surface area contributed by atoms with Crippen LogP contribution < -0.4 is 9.46 Å². The Hall–Kier alpha value is -2.06. The molecule has 5 nitrogen and oxygen atoms in total. The van der Waals surface area contributed by atoms with E-state index in [2.05, 4.69) is 16.7 Å². The van der Waals surface area contributed by atoms with Crippen LogP contribution in [0, 0.1) is 0 Å². The second-order valence-electron chi connectivity index (χ2n) is 7.36. The number of anilines is 1. The lowest BCUT2D eigenvalue weighted by Crippen LogP contribution is -2.20. The third-order valence-corrected chi connectivity index (χ3v) is 8.51. The average Bonchev–Trinajstić information content (AvgIpc) is 3.16. The molecule has 1 aromatic heterocycles. The SMILES string of the molecule is COc1cc2c(cc1NS(=O)(=O)c1ccc(-c3ccc(Cl)cc3)s1)CCN(C)CC2. The first-order valence-electron chi connectivity index (χ1n) is 9.62. The van der Waals surface area contributed by atoms with E-state index in [-0.39, 0.29) is 4.21 Å². The summed E-state index contributed by atoms with van der Waals surface area (Å²) in [6, 6.07) is 14.7. The highest BCUT2D eigenvalue weighted by molar-refractivity contribution is 7.94. The van der Waals surface area contributed by atoms with Gasteiger partial charge in [-0.15, -0.1) is 11.3 Å². The normalized spacial score (nSPS) is 14.8. The molecular formula is C22H23ClN2O3S2. The Labute approximate surface area is 186 Å². The Morgan fingerprint density at radius 2 is 1.70 bits per heavy atom. The fourth-order valence-electron chi connectivity index (χ4n) is 3.54. The average molecular weight is 463 g/mol. The third-order valence-electron chi connectivity index (χ3n) is 5.27. The number of nitrogens with one attached hydrogen (secondary N) is 1. The molecule has 2 heterocycles. The summed E-state index contributed by atoms with van der Waals surface area (Å²) in [4.78, 5) is 3.14. The Balaban J connectivity index is 1.63. The summed E-state index contributed by atoms with van der Waals surface area (Å²) in [5.41, 5.74) is 3.77. The summed E-state index contributed by atoms with van der Waals surface area (Å²) in [5.74, 6) is 0.538. The second kappa shape index (κ2) is 8.59. The highest BCUT2D eigenvalue weighted by atomic mass is 35.5. The summed E-state index contributed by atoms with van der Waals surface area (Å²) >= 11 is 7.17. The van der Waals surface area contributed by atoms with Gasteiger partial charge in [-0.3, -0.25) is 4.72 Å². The van der Waals surface area contributed by atoms with Gasteiger partial charge in [-0.25, -0.2) is 8.42 Å². The number of fused-ring (bicyclic) bond motifs is 1. The number of sulfonamides is 1. The van der Waals surface area contributed by atoms with E-state index in [0.717, 1.165) is 41.9 Å². The van der Waals surface area contributed by atoms with Gasteiger partial charge >= 0.3 is 0 Å². The Bertz CT molecular complexity index is 1160. The van der Waals surface area contributed by atoms with Gasteiger partial charge in [0.25, 0.3) is 10.0 Å². The highest BCUT2D eigenvalue weighted by Gasteiger charge is 2.22. The predicted molar refractivity (Wildman–Crippen MR) is 123 cm³/mol. The van der Waals surface area contributed by atoms with Crippen molar-refractivity contribution in [2.45, 2.75) is 17.1 Å². The fourth-order valence-corrected chi connectivity index (χ4v) is 6.04. The van der Waals surface area contributed by atoms with Crippen molar-refractivity contribution in [3.05, 3.63) is 64.7 Å². The minimum Gasteiger partial charge on any atom is -0.495 e. The number of hydrogen-bond donors (Lipinski definition) is 1. The van der Waals surface area contributed by atoms with Crippen LogP contribution in [-0.4, -0.2) is 40.6 Å². The highest BCUT2D eigenvalue weighted by Crippen LogP contribution is 2.35. The molecule has 0 spiro atoms. The minimum absolute atomic E-state index is 0.254. The van der Waals surface area contributed by atoms with Crippen molar-refractivity contribution in [3.8, 4) is 16.2 Å². The van der Waals surface area contributed by atoms with Crippen LogP contribution in [0.4, 0.5) is 5.69 Å². The van der Waals surface area contributed by atoms with Crippen molar-refractivity contribution in [2.75, 3.05) is 32.0 Å². The molecule has 0 radical (unpaired) electrons. The van der Waals surface area contributed by atoms with Gasteiger partial charge in [-0.05, 0) is 73.0 Å². The molecule has 1 aliphatic rings. The molecule has 0 amide bonds. The molecule has 0 saturated heterocycles. The molecule has 8 heteroatoms. The van der Waals surface area contributed by atoms with Crippen LogP contribution in [0.5, 0.6) is 5.75 Å². The van der Waals surface area contributed by atoms with E-state index in [0.29, 0.717) is 16.5 Å². The van der Waals surface area contributed by atoms with Gasteiger partial charge in [-0.2, -0.15) is 0 Å². The number of ether oxygens (including phenoxy) is 1. The van der Waals surface area contributed by atoms with E-state index in [1.54, 1.807) is 25.3 Å². The quantitative estimate of drug-likeness (QED) is 0.585. The van der Waals surface area contributed by atoms with Crippen LogP contribution in [0.15, 0.2) is 52.7 Å². The predicted octanol–water partition coefficient (Wildman–Crippen LogP) is 4.91. The summed E-state index contributed by atoms with van der Waals surface area (Å²) in [5, 5.41) is 0.645. The van der Waals surface area contributed by atoms with Crippen LogP contribution in [-0.2, 0) is 22.9 Å². The number of benzene rings is 2. The molecule has 0 atom stereocenters. The molecule has 0 unspecified atom stereocenters. The summed E-state index contributed by atoms with van der Waals surface area (Å²) in [6.45, 7) is 1.92. The number of hydrogen-bond acceptors (Lipinski definition) is 5. The second-order valence-corrected chi connectivity index (χ2v) is 10.8. The lowest BCUT2D eigenvalue weighted by atomic mass is 10.0. The largest absolute Gasteiger partial charge is 0.495 e. The van der Waals surface area contributed by atoms with Crippen molar-refractivity contribution in [3.63, 3.8) is 0 Å². The molecule has 4 rings (SSSR count). The minimum atomic E-state index is -3.74. The molecule has 0 fully saturated rings. The number of nitrogens with zero attached hydrogens (tertiary/aromatic N) is 1. The monoisotopic (exact) mass is 462 g/mol. The van der Waals surface area contributed by atoms with Crippen molar-refractivity contribution >= 4 is 38.6 Å². The van der Waals surface area contributed by atoms with Gasteiger partial charge < -0.3 is 9.64 Å². The van der Waals surface area contributed by atoms with E-state index in [9.17, 15) is 8.42 Å². The number of thiophene rings is 1. The first kappa shape index (κ1) is 21.2. The van der Waals surface area contributed by atoms with E-state index in [1.165, 1.54) is 16.9 Å². The lowest BCUT2D eigenvalue weighted by Gasteiger charge is -2.15. The third kappa shape index (κ3) is 4.49. The number of methoxy groups -OCH3 is 1. The first-order valence-corrected chi connectivity index (χ1v) is 12.3. The lowest BCUT2D eigenvalue weighted by molar-refractivity contribution is 0.352. The zero-order valence-corrected chi connectivity index (χ0v) is 19.2. The summed E-state index contributed by atoms with van der Waals surface area (Å²) < 4.78 is 34.6. The Kier molecular flexibility index (Phi) is 6.06. The Morgan fingerprint density at radius 1 is 1.03 bits per heavy atom. The smallest absolute Gasteiger partial charge is 0.271 e. The van der Waals surface area contributed by atoms with Crippen LogP contribution >= 0.6 is 22.9 Å². The standard InChI is InChI=1S/C22H23ClN2O3S2/c1-25-11-9-16-13-19(20(28-2)14-17(16)10-12-25)24-30(26,27)22-8-7-21(29-22)15-3-5-18(23)6-4-15/h3-8,13-14,24H,9-12H2,1-2H3. The van der Waals surface area contributed by atoms with Crippen molar-refractivity contribution in [1.29, 1.82) is 0 Å². The number of likely N-dealkylation sites (N-methyl/N-ethyl adjacent to an activating group) is 1. The zero-order chi connectivity index (χ0) is 21.3. The van der Waals surface area contributed by atoms with Crippen LogP contribution in [0.1, 0.15) is 11.1 Å². The van der Waals surface area contributed by atoms with Gasteiger partial charge in [0.1, 0.15) is 9.96 Å². The first-order chi connectivity index (χ1) is 14.4. The number of halogens is 1. The molecule has 2 aromatic carbocycles. The van der Waals surface area contributed by atoms with Gasteiger partial charge in [0.05, 0.1) is 12.8 Å². The maximum Gasteiger partial charge on any atom is 0.271 e. The fraction of sp³-hybridized carbons (Fsp3) is 0.273. The molecule has 1 aliphatic heterocycles. The molecule has 1 N–H and O–H groups in total. The van der Waals surface area contributed by atoms with Crippen molar-refractivity contribution in [2.24, 2.45) is 0 Å². The van der Waals surface area contributed by atoms with Gasteiger partial charge in [0.2, 0.25) is 0 Å². The number of rotatable bonds is 5.